The van der Waals surface area contributed by atoms with E-state index in [0.717, 1.165) is 26.9 Å². The summed E-state index contributed by atoms with van der Waals surface area (Å²) in [6, 6.07) is 21.6. The lowest BCUT2D eigenvalue weighted by Crippen LogP contribution is -2.28. The number of carbonyl (C=O) groups excluding carboxylic acids is 1. The Morgan fingerprint density at radius 2 is 1.85 bits per heavy atom. The lowest BCUT2D eigenvalue weighted by Gasteiger charge is -2.29. The Bertz CT molecular complexity index is 1630. The second kappa shape index (κ2) is 12.0. The van der Waals surface area contributed by atoms with Crippen LogP contribution in [0.15, 0.2) is 87.6 Å². The summed E-state index contributed by atoms with van der Waals surface area (Å²) >= 11 is 11.5. The third-order valence-corrected chi connectivity index (χ3v) is 8.76. The number of hydrogen-bond acceptors (Lipinski definition) is 6. The molecule has 0 fully saturated rings. The summed E-state index contributed by atoms with van der Waals surface area (Å²) in [5, 5.41) is 9.43. The van der Waals surface area contributed by atoms with Crippen molar-refractivity contribution in [3.63, 3.8) is 0 Å². The Morgan fingerprint density at radius 3 is 2.54 bits per heavy atom. The average molecular weight is 652 g/mol. The van der Waals surface area contributed by atoms with Crippen molar-refractivity contribution in [2.24, 2.45) is 0 Å². The fraction of sp³-hybridized carbons (Fsp3) is 0.281. The number of ketones is 1. The predicted molar refractivity (Wildman–Crippen MR) is 170 cm³/mol. The Kier molecular flexibility index (Phi) is 8.64. The van der Waals surface area contributed by atoms with Crippen molar-refractivity contribution in [3.8, 4) is 5.75 Å². The van der Waals surface area contributed by atoms with E-state index in [-0.39, 0.29) is 11.2 Å². The highest BCUT2D eigenvalue weighted by Crippen LogP contribution is 2.41. The van der Waals surface area contributed by atoms with Crippen molar-refractivity contribution >= 4 is 51.0 Å². The number of nitrogens with zero attached hydrogens (tertiary/aromatic N) is 3. The molecular weight excluding hydrogens is 620 g/mol. The van der Waals surface area contributed by atoms with Crippen LogP contribution in [0.4, 0.5) is 5.95 Å². The summed E-state index contributed by atoms with van der Waals surface area (Å²) in [4.78, 5) is 17.8. The maximum atomic E-state index is 13.0. The van der Waals surface area contributed by atoms with Crippen LogP contribution in [-0.4, -0.2) is 20.5 Å². The molecule has 1 unspecified atom stereocenters. The van der Waals surface area contributed by atoms with Gasteiger partial charge in [-0.1, -0.05) is 103 Å². The van der Waals surface area contributed by atoms with Gasteiger partial charge in [0.25, 0.3) is 0 Å². The van der Waals surface area contributed by atoms with E-state index < -0.39 is 6.04 Å². The van der Waals surface area contributed by atoms with Crippen LogP contribution in [0.1, 0.15) is 62.9 Å². The highest BCUT2D eigenvalue weighted by Gasteiger charge is 2.34. The van der Waals surface area contributed by atoms with E-state index in [0.29, 0.717) is 39.8 Å². The smallest absolute Gasteiger partial charge is 0.227 e. The van der Waals surface area contributed by atoms with Crippen molar-refractivity contribution in [3.05, 3.63) is 110 Å². The van der Waals surface area contributed by atoms with E-state index in [9.17, 15) is 4.79 Å². The molecule has 6 nitrogen and oxygen atoms in total. The van der Waals surface area contributed by atoms with Gasteiger partial charge in [-0.25, -0.2) is 4.68 Å². The molecule has 0 saturated carbocycles. The lowest BCUT2D eigenvalue weighted by atomic mass is 9.87. The number of allylic oxidation sites excluding steroid dienone is 2. The first kappa shape index (κ1) is 29.4. The number of fused-ring (bicyclic) bond motifs is 1. The van der Waals surface area contributed by atoms with Gasteiger partial charge in [0.2, 0.25) is 11.1 Å². The van der Waals surface area contributed by atoms with Crippen molar-refractivity contribution < 1.29 is 9.53 Å². The zero-order chi connectivity index (χ0) is 29.3. The minimum Gasteiger partial charge on any atom is -0.489 e. The summed E-state index contributed by atoms with van der Waals surface area (Å²) in [7, 11) is 0. The number of benzene rings is 3. The maximum Gasteiger partial charge on any atom is 0.227 e. The number of anilines is 1. The largest absolute Gasteiger partial charge is 0.489 e. The van der Waals surface area contributed by atoms with Gasteiger partial charge in [0.1, 0.15) is 18.4 Å². The second-order valence-electron chi connectivity index (χ2n) is 11.1. The van der Waals surface area contributed by atoms with E-state index in [1.807, 2.05) is 49.4 Å². The zero-order valence-corrected chi connectivity index (χ0v) is 26.8. The summed E-state index contributed by atoms with van der Waals surface area (Å²) in [5.74, 6) is 1.83. The third-order valence-electron chi connectivity index (χ3n) is 7.01. The van der Waals surface area contributed by atoms with Crippen molar-refractivity contribution in [1.29, 1.82) is 0 Å². The molecule has 4 aromatic rings. The van der Waals surface area contributed by atoms with Crippen LogP contribution in [0, 0.1) is 0 Å². The van der Waals surface area contributed by atoms with Crippen LogP contribution < -0.4 is 10.1 Å². The van der Waals surface area contributed by atoms with Gasteiger partial charge in [0.05, 0.1) is 0 Å². The number of halogens is 2. The first-order valence-electron chi connectivity index (χ1n) is 13.3. The number of thioether (sulfide) groups is 1. The zero-order valence-electron chi connectivity index (χ0n) is 23.7. The van der Waals surface area contributed by atoms with Gasteiger partial charge in [-0.15, -0.1) is 5.10 Å². The fourth-order valence-corrected chi connectivity index (χ4v) is 6.31. The highest BCUT2D eigenvalue weighted by atomic mass is 79.9. The van der Waals surface area contributed by atoms with Crippen molar-refractivity contribution in [2.45, 2.75) is 63.6 Å². The van der Waals surface area contributed by atoms with Gasteiger partial charge in [0, 0.05) is 32.1 Å². The number of nitrogens with one attached hydrogen (secondary N) is 1. The number of rotatable bonds is 8. The van der Waals surface area contributed by atoms with Gasteiger partial charge in [-0.2, -0.15) is 4.98 Å². The van der Waals surface area contributed by atoms with Gasteiger partial charge in [0.15, 0.2) is 5.78 Å². The molecule has 0 bridgehead atoms. The molecule has 1 aliphatic rings. The summed E-state index contributed by atoms with van der Waals surface area (Å²) in [6.45, 7) is 10.5. The summed E-state index contributed by atoms with van der Waals surface area (Å²) in [6.07, 6.45) is 0. The minimum absolute atomic E-state index is 0.0462. The molecule has 9 heteroatoms. The van der Waals surface area contributed by atoms with Gasteiger partial charge >= 0.3 is 0 Å². The molecule has 0 aliphatic carbocycles. The van der Waals surface area contributed by atoms with E-state index in [1.165, 1.54) is 17.3 Å². The van der Waals surface area contributed by atoms with Crippen LogP contribution in [0.25, 0.3) is 0 Å². The Balaban J connectivity index is 1.48. The van der Waals surface area contributed by atoms with E-state index in [1.54, 1.807) is 11.6 Å². The van der Waals surface area contributed by atoms with Crippen molar-refractivity contribution in [2.75, 3.05) is 5.32 Å². The molecule has 2 heterocycles. The number of hydrogen-bond donors (Lipinski definition) is 1. The Hall–Kier alpha value is -3.07. The highest BCUT2D eigenvalue weighted by molar-refractivity contribution is 9.10. The normalized spacial score (nSPS) is 15.0. The quantitative estimate of drug-likeness (QED) is 0.192. The summed E-state index contributed by atoms with van der Waals surface area (Å²) < 4.78 is 9.07. The minimum atomic E-state index is -0.512. The monoisotopic (exact) mass is 650 g/mol. The number of carbonyl (C=O) groups is 1. The molecule has 212 valence electrons. The standard InChI is InChI=1S/C32H32BrClN4O2S/c1-19-28(20(2)39)29(38-30(35-19)36-31(37-38)41-18-22-8-6-7-9-26(22)34)25-16-24(33)14-15-27(25)40-17-21-10-12-23(13-11-21)32(3,4)5/h6-16,29H,17-18H2,1-5H3,(H,35,36,37). The molecular formula is C32H32BrClN4O2S. The molecule has 0 saturated heterocycles. The number of ether oxygens (including phenoxy) is 1. The molecule has 1 atom stereocenters. The van der Waals surface area contributed by atoms with Gasteiger partial charge in [-0.05, 0) is 60.2 Å². The first-order chi connectivity index (χ1) is 19.5. The molecule has 0 amide bonds. The topological polar surface area (TPSA) is 69.0 Å². The lowest BCUT2D eigenvalue weighted by molar-refractivity contribution is -0.114. The Morgan fingerprint density at radius 1 is 1.12 bits per heavy atom. The Labute approximate surface area is 258 Å². The summed E-state index contributed by atoms with van der Waals surface area (Å²) in [5.41, 5.74) is 5.61. The maximum absolute atomic E-state index is 13.0. The first-order valence-corrected chi connectivity index (χ1v) is 15.5. The van der Waals surface area contributed by atoms with E-state index in [4.69, 9.17) is 26.4 Å². The van der Waals surface area contributed by atoms with Gasteiger partial charge < -0.3 is 10.1 Å². The third kappa shape index (κ3) is 6.55. The molecule has 41 heavy (non-hydrogen) atoms. The number of aromatic nitrogens is 3. The van der Waals surface area contributed by atoms with Crippen LogP contribution in [0.3, 0.4) is 0 Å². The molecule has 3 aromatic carbocycles. The second-order valence-corrected chi connectivity index (χ2v) is 13.3. The molecule has 1 aromatic heterocycles. The number of Topliss-reactive ketones (excluding diaryl/α,β-unsaturated/α-hetero) is 1. The van der Waals surface area contributed by atoms with Crippen LogP contribution >= 0.6 is 39.3 Å². The predicted octanol–water partition coefficient (Wildman–Crippen LogP) is 8.74. The molecule has 0 spiro atoms. The molecule has 1 aliphatic heterocycles. The van der Waals surface area contributed by atoms with Gasteiger partial charge in [-0.3, -0.25) is 4.79 Å². The van der Waals surface area contributed by atoms with Crippen LogP contribution in [0.5, 0.6) is 5.75 Å². The molecule has 5 rings (SSSR count). The van der Waals surface area contributed by atoms with Crippen LogP contribution in [0.2, 0.25) is 5.02 Å². The average Bonchev–Trinajstić information content (AvgIpc) is 3.33. The van der Waals surface area contributed by atoms with E-state index in [2.05, 4.69) is 66.3 Å². The fourth-order valence-electron chi connectivity index (χ4n) is 4.82. The molecule has 0 radical (unpaired) electrons. The van der Waals surface area contributed by atoms with Crippen molar-refractivity contribution in [1.82, 2.24) is 14.8 Å². The van der Waals surface area contributed by atoms with Crippen LogP contribution in [-0.2, 0) is 22.6 Å². The molecule has 1 N–H and O–H groups in total. The SMILES string of the molecule is CC(=O)C1=C(C)Nc2nc(SCc3ccccc3Cl)nn2C1c1cc(Br)ccc1OCc1ccc(C(C)(C)C)cc1. The van der Waals surface area contributed by atoms with E-state index >= 15 is 0 Å².